The van der Waals surface area contributed by atoms with Crippen molar-refractivity contribution in [3.8, 4) is 11.1 Å². The van der Waals surface area contributed by atoms with Gasteiger partial charge in [0.1, 0.15) is 11.4 Å². The van der Waals surface area contributed by atoms with Crippen molar-refractivity contribution in [1.29, 1.82) is 0 Å². The zero-order valence-electron chi connectivity index (χ0n) is 16.6. The van der Waals surface area contributed by atoms with Crippen molar-refractivity contribution in [3.63, 3.8) is 0 Å². The largest absolute Gasteiger partial charge is 0.352 e. The van der Waals surface area contributed by atoms with E-state index in [1.54, 1.807) is 0 Å². The molecule has 0 bridgehead atoms. The van der Waals surface area contributed by atoms with Crippen LogP contribution in [0.2, 0.25) is 0 Å². The summed E-state index contributed by atoms with van der Waals surface area (Å²) in [6.07, 6.45) is 4.65. The normalized spacial score (nSPS) is 12.4. The minimum Gasteiger partial charge on any atom is -0.352 e. The number of carbonyl (C=O) groups excluding carboxylic acids is 1. The van der Waals surface area contributed by atoms with Crippen LogP contribution in [0.3, 0.4) is 0 Å². The predicted molar refractivity (Wildman–Crippen MR) is 116 cm³/mol. The van der Waals surface area contributed by atoms with Crippen molar-refractivity contribution >= 4 is 27.5 Å². The molecule has 1 N–H and O–H groups in total. The van der Waals surface area contributed by atoms with Crippen LogP contribution >= 0.6 is 11.3 Å². The van der Waals surface area contributed by atoms with Crippen molar-refractivity contribution in [3.05, 3.63) is 52.4 Å². The highest BCUT2D eigenvalue weighted by Crippen LogP contribution is 2.30. The lowest BCUT2D eigenvalue weighted by Crippen LogP contribution is -2.37. The molecule has 2 aromatic heterocycles. The van der Waals surface area contributed by atoms with Gasteiger partial charge in [0, 0.05) is 17.0 Å². The van der Waals surface area contributed by atoms with Gasteiger partial charge in [-0.05, 0) is 24.8 Å². The van der Waals surface area contributed by atoms with Crippen molar-refractivity contribution in [2.24, 2.45) is 5.92 Å². The molecule has 6 heteroatoms. The van der Waals surface area contributed by atoms with Crippen LogP contribution in [0.4, 0.5) is 0 Å². The van der Waals surface area contributed by atoms with Crippen LogP contribution in [0.25, 0.3) is 21.3 Å². The molecular weight excluding hydrogens is 370 g/mol. The Hall–Kier alpha value is -2.47. The highest BCUT2D eigenvalue weighted by molar-refractivity contribution is 7.17. The molecule has 3 aromatic rings. The lowest BCUT2D eigenvalue weighted by Gasteiger charge is -2.15. The van der Waals surface area contributed by atoms with Gasteiger partial charge in [0.25, 0.3) is 5.56 Å². The van der Waals surface area contributed by atoms with E-state index in [1.165, 1.54) is 22.2 Å². The minimum absolute atomic E-state index is 0.0135. The van der Waals surface area contributed by atoms with E-state index in [2.05, 4.69) is 24.1 Å². The lowest BCUT2D eigenvalue weighted by molar-refractivity contribution is -0.122. The van der Waals surface area contributed by atoms with Gasteiger partial charge in [0.05, 0.1) is 11.7 Å². The lowest BCUT2D eigenvalue weighted by atomic mass is 10.0. The number of rotatable bonds is 8. The first kappa shape index (κ1) is 20.3. The molecule has 0 radical (unpaired) electrons. The summed E-state index contributed by atoms with van der Waals surface area (Å²) in [4.78, 5) is 30.5. The molecule has 0 saturated heterocycles. The van der Waals surface area contributed by atoms with Gasteiger partial charge in [0.2, 0.25) is 5.91 Å². The first-order valence-corrected chi connectivity index (χ1v) is 10.6. The Bertz CT molecular complexity index is 992. The van der Waals surface area contributed by atoms with Crippen molar-refractivity contribution < 1.29 is 4.79 Å². The van der Waals surface area contributed by atoms with Crippen molar-refractivity contribution in [2.75, 3.05) is 0 Å². The van der Waals surface area contributed by atoms with Crippen LogP contribution in [0.15, 0.2) is 46.8 Å². The van der Waals surface area contributed by atoms with Crippen LogP contribution in [0.1, 0.15) is 40.0 Å². The smallest absolute Gasteiger partial charge is 0.263 e. The fraction of sp³-hybridized carbons (Fsp3) is 0.409. The van der Waals surface area contributed by atoms with Gasteiger partial charge in [-0.2, -0.15) is 0 Å². The Balaban J connectivity index is 1.74. The summed E-state index contributed by atoms with van der Waals surface area (Å²) in [5.74, 6) is 0.514. The average Bonchev–Trinajstić information content (AvgIpc) is 3.09. The molecule has 1 aromatic carbocycles. The van der Waals surface area contributed by atoms with Crippen LogP contribution in [0.5, 0.6) is 0 Å². The molecule has 0 aliphatic carbocycles. The van der Waals surface area contributed by atoms with E-state index >= 15 is 0 Å². The zero-order chi connectivity index (χ0) is 20.1. The van der Waals surface area contributed by atoms with Gasteiger partial charge in [-0.1, -0.05) is 57.0 Å². The molecule has 0 aliphatic heterocycles. The number of carbonyl (C=O) groups is 1. The molecule has 0 spiro atoms. The zero-order valence-corrected chi connectivity index (χ0v) is 17.5. The van der Waals surface area contributed by atoms with Crippen molar-refractivity contribution in [2.45, 2.75) is 52.6 Å². The number of nitrogens with one attached hydrogen (secondary N) is 1. The van der Waals surface area contributed by atoms with Gasteiger partial charge in [-0.15, -0.1) is 11.3 Å². The SMILES string of the molecule is CC(C)CCCC(C)NC(=O)Cn1cnc2scc(-c3ccccc3)c2c1=O. The second-order valence-electron chi connectivity index (χ2n) is 7.67. The van der Waals surface area contributed by atoms with E-state index in [1.807, 2.05) is 42.6 Å². The molecule has 1 atom stereocenters. The summed E-state index contributed by atoms with van der Waals surface area (Å²) >= 11 is 1.45. The molecule has 0 saturated carbocycles. The monoisotopic (exact) mass is 397 g/mol. The standard InChI is InChI=1S/C22H27N3O2S/c1-15(2)8-7-9-16(3)24-19(26)12-25-14-23-21-20(22(25)27)18(13-28-21)17-10-5-4-6-11-17/h4-6,10-11,13-16H,7-9,12H2,1-3H3,(H,24,26). The topological polar surface area (TPSA) is 64.0 Å². The summed E-state index contributed by atoms with van der Waals surface area (Å²) in [5, 5.41) is 5.53. The number of thiophene rings is 1. The third kappa shape index (κ3) is 4.87. The maximum atomic E-state index is 13.0. The average molecular weight is 398 g/mol. The number of aromatic nitrogens is 2. The van der Waals surface area contributed by atoms with Gasteiger partial charge in [-0.25, -0.2) is 4.98 Å². The Morgan fingerprint density at radius 2 is 1.93 bits per heavy atom. The summed E-state index contributed by atoms with van der Waals surface area (Å²) in [7, 11) is 0. The number of benzene rings is 1. The highest BCUT2D eigenvalue weighted by Gasteiger charge is 2.15. The van der Waals surface area contributed by atoms with Crippen LogP contribution < -0.4 is 10.9 Å². The third-order valence-corrected chi connectivity index (χ3v) is 5.67. The van der Waals surface area contributed by atoms with E-state index in [9.17, 15) is 9.59 Å². The van der Waals surface area contributed by atoms with Crippen LogP contribution in [0, 0.1) is 5.92 Å². The van der Waals surface area contributed by atoms with Crippen molar-refractivity contribution in [1.82, 2.24) is 14.9 Å². The van der Waals surface area contributed by atoms with E-state index in [0.717, 1.165) is 30.4 Å². The van der Waals surface area contributed by atoms with Gasteiger partial charge < -0.3 is 5.32 Å². The molecule has 148 valence electrons. The summed E-state index contributed by atoms with van der Waals surface area (Å²) in [6.45, 7) is 6.40. The molecule has 3 rings (SSSR count). The van der Waals surface area contributed by atoms with Crippen LogP contribution in [-0.2, 0) is 11.3 Å². The first-order chi connectivity index (χ1) is 13.5. The molecule has 0 aliphatic rings. The number of fused-ring (bicyclic) bond motifs is 1. The fourth-order valence-corrected chi connectivity index (χ4v) is 4.20. The molecule has 28 heavy (non-hydrogen) atoms. The van der Waals surface area contributed by atoms with Crippen LogP contribution in [-0.4, -0.2) is 21.5 Å². The molecule has 2 heterocycles. The molecular formula is C22H27N3O2S. The molecule has 5 nitrogen and oxygen atoms in total. The second-order valence-corrected chi connectivity index (χ2v) is 8.52. The number of hydrogen-bond donors (Lipinski definition) is 1. The molecule has 1 unspecified atom stereocenters. The van der Waals surface area contributed by atoms with Gasteiger partial charge in [-0.3, -0.25) is 14.2 Å². The minimum atomic E-state index is -0.173. The van der Waals surface area contributed by atoms with Gasteiger partial charge >= 0.3 is 0 Å². The number of amides is 1. The number of nitrogens with zero attached hydrogens (tertiary/aromatic N) is 2. The molecule has 1 amide bonds. The second kappa shape index (κ2) is 9.15. The Kier molecular flexibility index (Phi) is 6.62. The Morgan fingerprint density at radius 3 is 2.64 bits per heavy atom. The Labute approximate surface area is 169 Å². The summed E-state index contributed by atoms with van der Waals surface area (Å²) in [5.41, 5.74) is 1.68. The number of hydrogen-bond acceptors (Lipinski definition) is 4. The van der Waals surface area contributed by atoms with E-state index < -0.39 is 0 Å². The van der Waals surface area contributed by atoms with E-state index in [-0.39, 0.29) is 24.1 Å². The van der Waals surface area contributed by atoms with E-state index in [4.69, 9.17) is 0 Å². The summed E-state index contributed by atoms with van der Waals surface area (Å²) in [6, 6.07) is 9.89. The predicted octanol–water partition coefficient (Wildman–Crippen LogP) is 4.46. The fourth-order valence-electron chi connectivity index (χ4n) is 3.29. The maximum Gasteiger partial charge on any atom is 0.263 e. The molecule has 0 fully saturated rings. The van der Waals surface area contributed by atoms with Gasteiger partial charge in [0.15, 0.2) is 0 Å². The maximum absolute atomic E-state index is 13.0. The quantitative estimate of drug-likeness (QED) is 0.610. The first-order valence-electron chi connectivity index (χ1n) is 9.77. The summed E-state index contributed by atoms with van der Waals surface area (Å²) < 4.78 is 1.40. The third-order valence-electron chi connectivity index (χ3n) is 4.79. The Morgan fingerprint density at radius 1 is 1.18 bits per heavy atom. The van der Waals surface area contributed by atoms with E-state index in [0.29, 0.717) is 16.1 Å². The highest BCUT2D eigenvalue weighted by atomic mass is 32.1.